The second-order valence-corrected chi connectivity index (χ2v) is 5.64. The van der Waals surface area contributed by atoms with E-state index in [2.05, 4.69) is 5.43 Å². The molecule has 1 aromatic rings. The molecule has 20 heavy (non-hydrogen) atoms. The maximum atomic E-state index is 12.3. The number of piperidine rings is 1. The van der Waals surface area contributed by atoms with Crippen molar-refractivity contribution in [3.8, 4) is 0 Å². The lowest BCUT2D eigenvalue weighted by atomic mass is 9.98. The number of rotatable bonds is 5. The molecule has 1 fully saturated rings. The summed E-state index contributed by atoms with van der Waals surface area (Å²) in [6, 6.07) is 9.83. The van der Waals surface area contributed by atoms with Gasteiger partial charge in [0.15, 0.2) is 0 Å². The van der Waals surface area contributed by atoms with E-state index in [1.54, 1.807) is 0 Å². The van der Waals surface area contributed by atoms with Gasteiger partial charge in [0, 0.05) is 13.1 Å². The average molecular weight is 291 g/mol. The van der Waals surface area contributed by atoms with Gasteiger partial charge in [-0.2, -0.15) is 0 Å². The van der Waals surface area contributed by atoms with Crippen LogP contribution in [0.2, 0.25) is 0 Å². The van der Waals surface area contributed by atoms with E-state index in [9.17, 15) is 4.79 Å². The van der Waals surface area contributed by atoms with Crippen molar-refractivity contribution >= 4 is 23.1 Å². The van der Waals surface area contributed by atoms with E-state index < -0.39 is 5.92 Å². The number of hydrazine groups is 1. The lowest BCUT2D eigenvalue weighted by Crippen LogP contribution is -2.49. The Morgan fingerprint density at radius 3 is 2.50 bits per heavy atom. The second kappa shape index (κ2) is 7.36. The second-order valence-electron chi connectivity index (χ2n) is 5.17. The van der Waals surface area contributed by atoms with E-state index in [0.29, 0.717) is 6.42 Å². The van der Waals surface area contributed by atoms with Gasteiger partial charge in [0.2, 0.25) is 5.91 Å². The summed E-state index contributed by atoms with van der Waals surface area (Å²) in [6.07, 6.45) is 4.03. The van der Waals surface area contributed by atoms with Gasteiger partial charge in [-0.05, 0) is 24.8 Å². The van der Waals surface area contributed by atoms with Crippen LogP contribution in [-0.4, -0.2) is 29.0 Å². The van der Waals surface area contributed by atoms with Crippen LogP contribution < -0.4 is 11.2 Å². The largest absolute Gasteiger partial charge is 0.393 e. The lowest BCUT2D eigenvalue weighted by molar-refractivity contribution is -0.128. The SMILES string of the molecule is NC(=S)C(Cc1ccccc1)C(=O)NN1CCCCC1. The van der Waals surface area contributed by atoms with E-state index >= 15 is 0 Å². The number of hydrogen-bond donors (Lipinski definition) is 2. The zero-order valence-electron chi connectivity index (χ0n) is 11.5. The summed E-state index contributed by atoms with van der Waals surface area (Å²) in [5.41, 5.74) is 9.76. The zero-order valence-corrected chi connectivity index (χ0v) is 12.4. The molecule has 1 saturated heterocycles. The van der Waals surface area contributed by atoms with E-state index in [1.807, 2.05) is 35.3 Å². The summed E-state index contributed by atoms with van der Waals surface area (Å²) in [7, 11) is 0. The van der Waals surface area contributed by atoms with Crippen molar-refractivity contribution < 1.29 is 4.79 Å². The molecule has 2 rings (SSSR count). The van der Waals surface area contributed by atoms with Gasteiger partial charge in [0.05, 0.1) is 10.9 Å². The minimum Gasteiger partial charge on any atom is -0.393 e. The molecule has 1 aromatic carbocycles. The van der Waals surface area contributed by atoms with Crippen LogP contribution in [0.3, 0.4) is 0 Å². The minimum atomic E-state index is -0.450. The summed E-state index contributed by atoms with van der Waals surface area (Å²) in [5, 5.41) is 1.97. The Balaban J connectivity index is 1.97. The third-order valence-electron chi connectivity index (χ3n) is 3.57. The monoisotopic (exact) mass is 291 g/mol. The normalized spacial score (nSPS) is 17.4. The molecule has 0 aromatic heterocycles. The van der Waals surface area contributed by atoms with Crippen LogP contribution in [0.15, 0.2) is 30.3 Å². The third-order valence-corrected chi connectivity index (χ3v) is 3.85. The van der Waals surface area contributed by atoms with Crippen LogP contribution >= 0.6 is 12.2 Å². The molecule has 5 heteroatoms. The van der Waals surface area contributed by atoms with Gasteiger partial charge in [-0.3, -0.25) is 10.2 Å². The van der Waals surface area contributed by atoms with Crippen molar-refractivity contribution in [2.45, 2.75) is 25.7 Å². The molecule has 0 saturated carbocycles. The third kappa shape index (κ3) is 4.28. The highest BCUT2D eigenvalue weighted by atomic mass is 32.1. The van der Waals surface area contributed by atoms with E-state index in [1.165, 1.54) is 6.42 Å². The van der Waals surface area contributed by atoms with Gasteiger partial charge in [0.1, 0.15) is 0 Å². The standard InChI is InChI=1S/C15H21N3OS/c16-14(20)13(11-12-7-3-1-4-8-12)15(19)17-18-9-5-2-6-10-18/h1,3-4,7-8,13H,2,5-6,9-11H2,(H2,16,20)(H,17,19). The van der Waals surface area contributed by atoms with Crippen molar-refractivity contribution in [2.75, 3.05) is 13.1 Å². The highest BCUT2D eigenvalue weighted by molar-refractivity contribution is 7.80. The van der Waals surface area contributed by atoms with Crippen molar-refractivity contribution in [1.29, 1.82) is 0 Å². The van der Waals surface area contributed by atoms with Gasteiger partial charge in [-0.15, -0.1) is 0 Å². The molecule has 0 aliphatic carbocycles. The first-order valence-corrected chi connectivity index (χ1v) is 7.46. The molecular weight excluding hydrogens is 270 g/mol. The molecule has 4 nitrogen and oxygen atoms in total. The first kappa shape index (κ1) is 14.9. The molecule has 1 heterocycles. The van der Waals surface area contributed by atoms with Gasteiger partial charge in [0.25, 0.3) is 0 Å². The predicted molar refractivity (Wildman–Crippen MR) is 84.0 cm³/mol. The molecule has 1 aliphatic rings. The quantitative estimate of drug-likeness (QED) is 0.810. The number of nitrogens with zero attached hydrogens (tertiary/aromatic N) is 1. The highest BCUT2D eigenvalue weighted by Gasteiger charge is 2.24. The molecule has 0 radical (unpaired) electrons. The fraction of sp³-hybridized carbons (Fsp3) is 0.467. The minimum absolute atomic E-state index is 0.0942. The molecule has 0 spiro atoms. The zero-order chi connectivity index (χ0) is 14.4. The predicted octanol–water partition coefficient (Wildman–Crippen LogP) is 1.65. The maximum absolute atomic E-state index is 12.3. The van der Waals surface area contributed by atoms with Crippen LogP contribution in [0.1, 0.15) is 24.8 Å². The van der Waals surface area contributed by atoms with Crippen molar-refractivity contribution in [3.05, 3.63) is 35.9 Å². The molecule has 0 bridgehead atoms. The van der Waals surface area contributed by atoms with Crippen LogP contribution in [0.5, 0.6) is 0 Å². The van der Waals surface area contributed by atoms with Crippen molar-refractivity contribution in [3.63, 3.8) is 0 Å². The Labute approximate surface area is 125 Å². The molecule has 1 aliphatic heterocycles. The molecular formula is C15H21N3OS. The van der Waals surface area contributed by atoms with Crippen LogP contribution in [-0.2, 0) is 11.2 Å². The molecule has 1 amide bonds. The molecule has 3 N–H and O–H groups in total. The highest BCUT2D eigenvalue weighted by Crippen LogP contribution is 2.11. The summed E-state index contributed by atoms with van der Waals surface area (Å²) in [4.78, 5) is 12.6. The van der Waals surface area contributed by atoms with Crippen LogP contribution in [0, 0.1) is 5.92 Å². The summed E-state index contributed by atoms with van der Waals surface area (Å²) >= 11 is 5.06. The number of nitrogens with two attached hydrogens (primary N) is 1. The van der Waals surface area contributed by atoms with Crippen LogP contribution in [0.4, 0.5) is 0 Å². The first-order valence-electron chi connectivity index (χ1n) is 7.05. The lowest BCUT2D eigenvalue weighted by Gasteiger charge is -2.28. The number of amides is 1. The van der Waals surface area contributed by atoms with Crippen molar-refractivity contribution in [2.24, 2.45) is 11.7 Å². The topological polar surface area (TPSA) is 58.4 Å². The number of nitrogens with one attached hydrogen (secondary N) is 1. The van der Waals surface area contributed by atoms with Gasteiger partial charge in [-0.1, -0.05) is 49.0 Å². The number of carbonyl (C=O) groups is 1. The fourth-order valence-electron chi connectivity index (χ4n) is 2.41. The van der Waals surface area contributed by atoms with Gasteiger partial charge >= 0.3 is 0 Å². The average Bonchev–Trinajstić information content (AvgIpc) is 2.46. The molecule has 108 valence electrons. The van der Waals surface area contributed by atoms with Crippen molar-refractivity contribution in [1.82, 2.24) is 10.4 Å². The number of carbonyl (C=O) groups excluding carboxylic acids is 1. The molecule has 1 atom stereocenters. The summed E-state index contributed by atoms with van der Waals surface area (Å²) in [5.74, 6) is -0.544. The van der Waals surface area contributed by atoms with E-state index in [0.717, 1.165) is 31.5 Å². The number of thiocarbonyl (C=S) groups is 1. The van der Waals surface area contributed by atoms with E-state index in [-0.39, 0.29) is 10.9 Å². The Morgan fingerprint density at radius 1 is 1.25 bits per heavy atom. The fourth-order valence-corrected chi connectivity index (χ4v) is 2.60. The Kier molecular flexibility index (Phi) is 5.49. The smallest absolute Gasteiger partial charge is 0.244 e. The molecule has 1 unspecified atom stereocenters. The van der Waals surface area contributed by atoms with Crippen LogP contribution in [0.25, 0.3) is 0 Å². The van der Waals surface area contributed by atoms with Gasteiger partial charge < -0.3 is 5.73 Å². The Hall–Kier alpha value is -1.46. The maximum Gasteiger partial charge on any atom is 0.244 e. The van der Waals surface area contributed by atoms with E-state index in [4.69, 9.17) is 18.0 Å². The number of hydrogen-bond acceptors (Lipinski definition) is 3. The first-order chi connectivity index (χ1) is 9.66. The number of benzene rings is 1. The Morgan fingerprint density at radius 2 is 1.90 bits per heavy atom. The summed E-state index contributed by atoms with van der Waals surface area (Å²) < 4.78 is 0. The Bertz CT molecular complexity index is 457. The summed E-state index contributed by atoms with van der Waals surface area (Å²) in [6.45, 7) is 1.81. The van der Waals surface area contributed by atoms with Gasteiger partial charge in [-0.25, -0.2) is 5.01 Å².